The van der Waals surface area contributed by atoms with Crippen LogP contribution in [0.4, 0.5) is 0 Å². The first-order valence-electron chi connectivity index (χ1n) is 2.24. The molecule has 0 saturated heterocycles. The summed E-state index contributed by atoms with van der Waals surface area (Å²) in [6.45, 7) is 5.24. The fourth-order valence-electron chi connectivity index (χ4n) is 0.118. The smallest absolute Gasteiger partial charge is 0 e. The zero-order chi connectivity index (χ0) is 10.5. The molecule has 14 heteroatoms. The molecule has 0 aromatic heterocycles. The van der Waals surface area contributed by atoms with Crippen LogP contribution in [0.25, 0.3) is 0 Å². The molecule has 0 saturated carbocycles. The Hall–Kier alpha value is 2.92. The standard InChI is InChI=1S/BS13/c1-3-5-7-9-11-13-14-12-10-8-6-4-2. The Bertz CT molecular complexity index is 573. The maximum atomic E-state index is 5.24. The van der Waals surface area contributed by atoms with Gasteiger partial charge in [-0.25, -0.2) is 0 Å². The van der Waals surface area contributed by atoms with E-state index in [1.165, 1.54) is 18.6 Å². The first kappa shape index (κ1) is 16.9. The van der Waals surface area contributed by atoms with Crippen molar-refractivity contribution in [2.45, 2.75) is 0 Å². The van der Waals surface area contributed by atoms with Crippen LogP contribution in [0, 0.1) is 0 Å². The third-order valence-electron chi connectivity index (χ3n) is 0.317. The molecule has 0 amide bonds. The van der Waals surface area contributed by atoms with Crippen LogP contribution in [0.5, 0.6) is 0 Å². The molecule has 0 unspecified atom stereocenters. The predicted octanol–water partition coefficient (Wildman–Crippen LogP) is -0.412. The molecule has 0 fully saturated rings. The van der Waals surface area contributed by atoms with Crippen LogP contribution in [0.2, 0.25) is 0 Å². The summed E-state index contributed by atoms with van der Waals surface area (Å²) in [7, 11) is 19.7. The molecule has 0 N–H and O–H groups in total. The van der Waals surface area contributed by atoms with Gasteiger partial charge in [0.25, 0.3) is 0 Å². The van der Waals surface area contributed by atoms with Crippen molar-refractivity contribution in [1.29, 1.82) is 0 Å². The van der Waals surface area contributed by atoms with Gasteiger partial charge in [-0.1, -0.05) is 0 Å². The second-order valence-electron chi connectivity index (χ2n) is 0.845. The van der Waals surface area contributed by atoms with Crippen molar-refractivity contribution >= 4 is 125 Å². The monoisotopic (exact) mass is 427 g/mol. The van der Waals surface area contributed by atoms with E-state index in [9.17, 15) is 0 Å². The van der Waals surface area contributed by atoms with Gasteiger partial charge in [0.1, 0.15) is 0 Å². The van der Waals surface area contributed by atoms with E-state index in [0.717, 1.165) is 0 Å². The molecule has 81 valence electrons. The van der Waals surface area contributed by atoms with Gasteiger partial charge in [0.05, 0.1) is 0 Å². The van der Waals surface area contributed by atoms with Crippen LogP contribution in [-0.2, 0) is 119 Å². The molecule has 14 heavy (non-hydrogen) atoms. The van der Waals surface area contributed by atoms with Crippen LogP contribution in [0.3, 0.4) is 0 Å². The third kappa shape index (κ3) is 14.9. The number of hydrogen-bond donors (Lipinski definition) is 0. The Kier molecular flexibility index (Phi) is 19.3. The first-order chi connectivity index (χ1) is 6.91. The van der Waals surface area contributed by atoms with Gasteiger partial charge >= 0.3 is 114 Å². The van der Waals surface area contributed by atoms with Gasteiger partial charge in [-0.05, 0) is 0 Å². The van der Waals surface area contributed by atoms with Gasteiger partial charge in [-0.2, -0.15) is 0 Å². The van der Waals surface area contributed by atoms with Gasteiger partial charge in [-0.15, -0.1) is 0 Å². The van der Waals surface area contributed by atoms with Gasteiger partial charge in [0.15, 0.2) is 0 Å². The summed E-state index contributed by atoms with van der Waals surface area (Å²) in [5.74, 6) is 0. The van der Waals surface area contributed by atoms with Gasteiger partial charge in [-0.3, -0.25) is 0 Å². The van der Waals surface area contributed by atoms with Crippen molar-refractivity contribution in [3.8, 4) is 0 Å². The molecular formula is BS13. The topological polar surface area (TPSA) is 0 Å². The Morgan fingerprint density at radius 2 is 0.929 bits per heavy atom. The molecule has 0 rings (SSSR count). The van der Waals surface area contributed by atoms with Crippen LogP contribution >= 0.6 is 0 Å². The second kappa shape index (κ2) is 15.9. The van der Waals surface area contributed by atoms with E-state index in [0.29, 0.717) is 0 Å². The van der Waals surface area contributed by atoms with E-state index in [4.69, 9.17) is 17.9 Å². The molecule has 0 spiro atoms. The maximum absolute atomic E-state index is 5.24. The number of rotatable bonds is 0. The van der Waals surface area contributed by atoms with Crippen molar-refractivity contribution in [2.75, 3.05) is 0 Å². The minimum atomic E-state index is 1.28. The molecule has 0 heterocycles. The summed E-state index contributed by atoms with van der Waals surface area (Å²) in [4.78, 5) is 0. The van der Waals surface area contributed by atoms with E-state index in [2.05, 4.69) is 0 Å². The molecule has 0 aromatic carbocycles. The summed E-state index contributed by atoms with van der Waals surface area (Å²) in [6.07, 6.45) is 0. The second-order valence-corrected chi connectivity index (χ2v) is 21.1. The first-order valence-corrected chi connectivity index (χ1v) is 18.7. The van der Waals surface area contributed by atoms with Gasteiger partial charge < -0.3 is 0 Å². The molecule has 0 aliphatic heterocycles. The zero-order valence-electron chi connectivity index (χ0n) is 5.88. The van der Waals surface area contributed by atoms with E-state index in [1.807, 2.05) is 0 Å². The Morgan fingerprint density at radius 3 is 1.29 bits per heavy atom. The minimum absolute atomic E-state index is 1.28. The Labute approximate surface area is 123 Å². The van der Waals surface area contributed by atoms with E-state index in [1.54, 1.807) is 88.8 Å². The Morgan fingerprint density at radius 1 is 0.571 bits per heavy atom. The molecule has 0 aromatic rings. The average molecular weight is 428 g/mol. The molecule has 0 nitrogen and oxygen atoms in total. The summed E-state index contributed by atoms with van der Waals surface area (Å²) in [5, 5.41) is 0. The summed E-state index contributed by atoms with van der Waals surface area (Å²) >= 11 is 4.71. The fraction of sp³-hybridized carbons (Fsp3) is 0. The SMILES string of the molecule is [B]=S=S=S=S=S=S=S=S=S=S=S=S=S. The molecule has 0 aliphatic carbocycles. The molecule has 1 radical (unpaired) electrons. The molecule has 0 bridgehead atoms. The quantitative estimate of drug-likeness (QED) is 0.474. The van der Waals surface area contributed by atoms with Crippen molar-refractivity contribution in [1.82, 2.24) is 0 Å². The number of hydrogen-bond acceptors (Lipinski definition) is 1. The summed E-state index contributed by atoms with van der Waals surface area (Å²) in [6, 6.07) is 0. The van der Waals surface area contributed by atoms with E-state index < -0.39 is 0 Å². The molecule has 0 aliphatic rings. The molecular weight excluding hydrogens is 428 g/mol. The van der Waals surface area contributed by atoms with E-state index >= 15 is 0 Å². The van der Waals surface area contributed by atoms with Gasteiger partial charge in [0, 0.05) is 11.2 Å². The van der Waals surface area contributed by atoms with Crippen molar-refractivity contribution in [2.24, 2.45) is 0 Å². The predicted molar refractivity (Wildman–Crippen MR) is 101 cm³/mol. The fourth-order valence-corrected chi connectivity index (χ4v) is 26.1. The molecule has 0 atom stereocenters. The minimum Gasteiger partial charge on any atom is 0 e. The van der Waals surface area contributed by atoms with Crippen LogP contribution in [-0.4, -0.2) is 6.72 Å². The van der Waals surface area contributed by atoms with Crippen molar-refractivity contribution in [3.05, 3.63) is 0 Å². The average Bonchev–Trinajstić information content (AvgIpc) is 2.21. The van der Waals surface area contributed by atoms with Crippen LogP contribution < -0.4 is 0 Å². The van der Waals surface area contributed by atoms with Crippen molar-refractivity contribution in [3.63, 3.8) is 0 Å². The van der Waals surface area contributed by atoms with Gasteiger partial charge in [0.2, 0.25) is 0 Å². The normalized spacial score (nSPS) is 7.07. The summed E-state index contributed by atoms with van der Waals surface area (Å²) in [5.41, 5.74) is 0. The van der Waals surface area contributed by atoms with Crippen LogP contribution in [0.15, 0.2) is 0 Å². The van der Waals surface area contributed by atoms with E-state index in [-0.39, 0.29) is 0 Å². The third-order valence-corrected chi connectivity index (χ3v) is 23.6. The van der Waals surface area contributed by atoms with Crippen LogP contribution in [0.1, 0.15) is 0 Å². The summed E-state index contributed by atoms with van der Waals surface area (Å²) < 4.78 is 0. The van der Waals surface area contributed by atoms with Crippen molar-refractivity contribution < 1.29 is 0 Å². The zero-order valence-corrected chi connectivity index (χ0v) is 16.5. The Balaban J connectivity index is 5.57.